The highest BCUT2D eigenvalue weighted by Gasteiger charge is 2.12. The molecule has 0 radical (unpaired) electrons. The highest BCUT2D eigenvalue weighted by atomic mass is 32.1. The highest BCUT2D eigenvalue weighted by Crippen LogP contribution is 2.23. The minimum atomic E-state index is -1.01. The minimum absolute atomic E-state index is 0.404. The number of carboxylic acids is 1. The zero-order chi connectivity index (χ0) is 11.4. The molecule has 0 aromatic carbocycles. The topological polar surface area (TPSA) is 63.6 Å². The van der Waals surface area contributed by atoms with Crippen molar-refractivity contribution >= 4 is 29.4 Å². The number of aryl methyl sites for hydroxylation is 1. The maximum atomic E-state index is 11.2. The molecule has 0 saturated carbocycles. The van der Waals surface area contributed by atoms with Gasteiger partial charge in [0.2, 0.25) is 0 Å². The van der Waals surface area contributed by atoms with Crippen LogP contribution in [0.5, 0.6) is 0 Å². The lowest BCUT2D eigenvalue weighted by Crippen LogP contribution is -2.00. The van der Waals surface area contributed by atoms with Gasteiger partial charge in [-0.25, -0.2) is 9.59 Å². The summed E-state index contributed by atoms with van der Waals surface area (Å²) in [7, 11) is 1.31. The molecule has 80 valence electrons. The van der Waals surface area contributed by atoms with Gasteiger partial charge >= 0.3 is 11.9 Å². The summed E-state index contributed by atoms with van der Waals surface area (Å²) in [5.41, 5.74) is 0.479. The van der Waals surface area contributed by atoms with Crippen LogP contribution in [0.25, 0.3) is 6.08 Å². The molecule has 0 unspecified atom stereocenters. The maximum Gasteiger partial charge on any atom is 0.338 e. The van der Waals surface area contributed by atoms with Crippen LogP contribution in [-0.4, -0.2) is 24.2 Å². The highest BCUT2D eigenvalue weighted by molar-refractivity contribution is 7.13. The molecule has 1 aromatic heterocycles. The summed E-state index contributed by atoms with van der Waals surface area (Å²) in [6, 6.07) is 1.62. The Kier molecular flexibility index (Phi) is 3.62. The monoisotopic (exact) mass is 226 g/mol. The van der Waals surface area contributed by atoms with Crippen molar-refractivity contribution in [1.29, 1.82) is 0 Å². The SMILES string of the molecule is COC(=O)c1cc(C=CC(=O)O)sc1C. The van der Waals surface area contributed by atoms with Crippen LogP contribution >= 0.6 is 11.3 Å². The summed E-state index contributed by atoms with van der Waals surface area (Å²) in [5, 5.41) is 8.43. The van der Waals surface area contributed by atoms with Crippen molar-refractivity contribution in [3.05, 3.63) is 27.5 Å². The molecular formula is C10H10O4S. The fourth-order valence-electron chi connectivity index (χ4n) is 1.05. The van der Waals surface area contributed by atoms with Crippen LogP contribution in [0.2, 0.25) is 0 Å². The molecule has 0 bridgehead atoms. The molecule has 0 atom stereocenters. The quantitative estimate of drug-likeness (QED) is 0.632. The third kappa shape index (κ3) is 2.92. The van der Waals surface area contributed by atoms with Gasteiger partial charge in [0.1, 0.15) is 0 Å². The summed E-state index contributed by atoms with van der Waals surface area (Å²) in [6.07, 6.45) is 2.48. The Labute approximate surface area is 90.8 Å². The van der Waals surface area contributed by atoms with E-state index in [2.05, 4.69) is 4.74 Å². The van der Waals surface area contributed by atoms with Crippen LogP contribution in [0.1, 0.15) is 20.1 Å². The maximum absolute atomic E-state index is 11.2. The number of thiophene rings is 1. The van der Waals surface area contributed by atoms with Crippen LogP contribution in [0.4, 0.5) is 0 Å². The molecule has 1 heterocycles. The molecule has 0 aliphatic heterocycles. The number of ether oxygens (including phenoxy) is 1. The van der Waals surface area contributed by atoms with Gasteiger partial charge in [-0.05, 0) is 19.1 Å². The van der Waals surface area contributed by atoms with E-state index >= 15 is 0 Å². The molecule has 1 aromatic rings. The largest absolute Gasteiger partial charge is 0.478 e. The summed E-state index contributed by atoms with van der Waals surface area (Å²) in [6.45, 7) is 1.79. The molecule has 0 fully saturated rings. The van der Waals surface area contributed by atoms with Crippen molar-refractivity contribution in [2.24, 2.45) is 0 Å². The third-order valence-corrected chi connectivity index (χ3v) is 2.75. The summed E-state index contributed by atoms with van der Waals surface area (Å²) >= 11 is 1.35. The third-order valence-electron chi connectivity index (χ3n) is 1.73. The van der Waals surface area contributed by atoms with Gasteiger partial charge in [-0.3, -0.25) is 0 Å². The average molecular weight is 226 g/mol. The normalized spacial score (nSPS) is 10.5. The summed E-state index contributed by atoms with van der Waals surface area (Å²) in [4.78, 5) is 23.0. The van der Waals surface area contributed by atoms with Crippen molar-refractivity contribution in [2.45, 2.75) is 6.92 Å². The summed E-state index contributed by atoms with van der Waals surface area (Å²) < 4.78 is 4.58. The van der Waals surface area contributed by atoms with Crippen molar-refractivity contribution in [2.75, 3.05) is 7.11 Å². The van der Waals surface area contributed by atoms with E-state index in [1.54, 1.807) is 13.0 Å². The van der Waals surface area contributed by atoms with Crippen LogP contribution < -0.4 is 0 Å². The first-order valence-corrected chi connectivity index (χ1v) is 4.96. The van der Waals surface area contributed by atoms with Crippen LogP contribution in [0, 0.1) is 6.92 Å². The number of esters is 1. The van der Waals surface area contributed by atoms with Gasteiger partial charge in [-0.1, -0.05) is 0 Å². The minimum Gasteiger partial charge on any atom is -0.478 e. The van der Waals surface area contributed by atoms with E-state index in [4.69, 9.17) is 5.11 Å². The number of hydrogen-bond donors (Lipinski definition) is 1. The molecule has 0 aliphatic rings. The lowest BCUT2D eigenvalue weighted by molar-refractivity contribution is -0.131. The molecular weight excluding hydrogens is 216 g/mol. The van der Waals surface area contributed by atoms with Crippen LogP contribution in [0.3, 0.4) is 0 Å². The number of carboxylic acid groups (broad SMARTS) is 1. The van der Waals surface area contributed by atoms with Crippen molar-refractivity contribution in [3.8, 4) is 0 Å². The molecule has 0 amide bonds. The number of methoxy groups -OCH3 is 1. The van der Waals surface area contributed by atoms with Crippen LogP contribution in [-0.2, 0) is 9.53 Å². The standard InChI is InChI=1S/C10H10O4S/c1-6-8(10(13)14-2)5-7(15-6)3-4-9(11)12/h3-5H,1-2H3,(H,11,12). The van der Waals surface area contributed by atoms with E-state index in [-0.39, 0.29) is 0 Å². The van der Waals surface area contributed by atoms with Crippen molar-refractivity contribution in [1.82, 2.24) is 0 Å². The first kappa shape index (κ1) is 11.5. The molecule has 0 spiro atoms. The van der Waals surface area contributed by atoms with Gasteiger partial charge in [0.05, 0.1) is 12.7 Å². The smallest absolute Gasteiger partial charge is 0.338 e. The van der Waals surface area contributed by atoms with E-state index in [1.165, 1.54) is 24.5 Å². The molecule has 0 aliphatic carbocycles. The number of carbonyl (C=O) groups is 2. The predicted molar refractivity (Wildman–Crippen MR) is 57.1 cm³/mol. The second kappa shape index (κ2) is 4.75. The van der Waals surface area contributed by atoms with E-state index in [1.807, 2.05) is 0 Å². The summed E-state index contributed by atoms with van der Waals surface area (Å²) in [5.74, 6) is -1.42. The predicted octanol–water partition coefficient (Wildman–Crippen LogP) is 1.94. The molecule has 0 saturated heterocycles. The Morgan fingerprint density at radius 3 is 2.73 bits per heavy atom. The van der Waals surface area contributed by atoms with Gasteiger partial charge in [0, 0.05) is 15.8 Å². The zero-order valence-corrected chi connectivity index (χ0v) is 9.13. The fourth-order valence-corrected chi connectivity index (χ4v) is 1.97. The van der Waals surface area contributed by atoms with Crippen LogP contribution in [0.15, 0.2) is 12.1 Å². The zero-order valence-electron chi connectivity index (χ0n) is 8.31. The van der Waals surface area contributed by atoms with Crippen molar-refractivity contribution < 1.29 is 19.4 Å². The van der Waals surface area contributed by atoms with Gasteiger partial charge < -0.3 is 9.84 Å². The molecule has 15 heavy (non-hydrogen) atoms. The van der Waals surface area contributed by atoms with E-state index in [0.717, 1.165) is 15.8 Å². The van der Waals surface area contributed by atoms with Gasteiger partial charge in [-0.15, -0.1) is 11.3 Å². The van der Waals surface area contributed by atoms with Gasteiger partial charge in [-0.2, -0.15) is 0 Å². The number of hydrogen-bond acceptors (Lipinski definition) is 4. The molecule has 4 nitrogen and oxygen atoms in total. The van der Waals surface area contributed by atoms with E-state index in [9.17, 15) is 9.59 Å². The number of aliphatic carboxylic acids is 1. The number of carbonyl (C=O) groups excluding carboxylic acids is 1. The second-order valence-corrected chi connectivity index (χ2v) is 4.07. The van der Waals surface area contributed by atoms with Gasteiger partial charge in [0.15, 0.2) is 0 Å². The Morgan fingerprint density at radius 2 is 2.20 bits per heavy atom. The number of rotatable bonds is 3. The van der Waals surface area contributed by atoms with Gasteiger partial charge in [0.25, 0.3) is 0 Å². The average Bonchev–Trinajstić information content (AvgIpc) is 2.55. The molecule has 1 rings (SSSR count). The fraction of sp³-hybridized carbons (Fsp3) is 0.200. The van der Waals surface area contributed by atoms with E-state index < -0.39 is 11.9 Å². The Hall–Kier alpha value is -1.62. The van der Waals surface area contributed by atoms with E-state index in [0.29, 0.717) is 5.56 Å². The molecule has 5 heteroatoms. The lowest BCUT2D eigenvalue weighted by Gasteiger charge is -1.94. The Bertz CT molecular complexity index is 417. The van der Waals surface area contributed by atoms with Crippen molar-refractivity contribution in [3.63, 3.8) is 0 Å². The first-order valence-electron chi connectivity index (χ1n) is 4.14. The first-order chi connectivity index (χ1) is 7.04. The second-order valence-electron chi connectivity index (χ2n) is 2.78. The molecule has 1 N–H and O–H groups in total. The lowest BCUT2D eigenvalue weighted by atomic mass is 10.2. The Balaban J connectivity index is 2.95. The Morgan fingerprint density at radius 1 is 1.53 bits per heavy atom.